The fraction of sp³-hybridized carbons (Fsp3) is 0.316. The highest BCUT2D eigenvalue weighted by Gasteiger charge is 2.37. The third-order valence-corrected chi connectivity index (χ3v) is 5.27. The van der Waals surface area contributed by atoms with E-state index < -0.39 is 22.6 Å². The molecule has 0 bridgehead atoms. The lowest BCUT2D eigenvalue weighted by Gasteiger charge is -2.19. The number of aromatic nitrogens is 1. The number of nitrogens with one attached hydrogen (secondary N) is 1. The molecule has 140 valence electrons. The summed E-state index contributed by atoms with van der Waals surface area (Å²) in [6, 6.07) is 11.3. The molecule has 8 heteroatoms. The Balaban J connectivity index is 2.02. The topological polar surface area (TPSA) is 65.8 Å². The SMILES string of the molecule is Cc1cc(C(F)(F)F)c(C#N)c(S[C@H](C(=O)NC2CC2)c2ccccc2)n1. The Morgan fingerprint density at radius 1 is 1.33 bits per heavy atom. The molecule has 1 saturated carbocycles. The van der Waals surface area contributed by atoms with Crippen LogP contribution in [0.3, 0.4) is 0 Å². The number of halogens is 3. The van der Waals surface area contributed by atoms with Crippen molar-refractivity contribution in [2.75, 3.05) is 0 Å². The molecule has 1 N–H and O–H groups in total. The number of nitrogens with zero attached hydrogens (tertiary/aromatic N) is 2. The van der Waals surface area contributed by atoms with Crippen molar-refractivity contribution in [1.29, 1.82) is 5.26 Å². The number of rotatable bonds is 5. The summed E-state index contributed by atoms with van der Waals surface area (Å²) in [6.07, 6.45) is -2.89. The van der Waals surface area contributed by atoms with E-state index in [1.54, 1.807) is 36.4 Å². The molecule has 3 rings (SSSR count). The number of benzene rings is 1. The minimum absolute atomic E-state index is 0.0929. The molecule has 0 unspecified atom stereocenters. The molecule has 2 aromatic rings. The van der Waals surface area contributed by atoms with Crippen LogP contribution < -0.4 is 5.32 Å². The van der Waals surface area contributed by atoms with E-state index in [0.717, 1.165) is 30.7 Å². The number of amides is 1. The van der Waals surface area contributed by atoms with E-state index in [0.29, 0.717) is 5.56 Å². The van der Waals surface area contributed by atoms with Crippen molar-refractivity contribution in [2.45, 2.75) is 42.3 Å². The fourth-order valence-corrected chi connectivity index (χ4v) is 3.74. The second-order valence-electron chi connectivity index (χ2n) is 6.29. The Morgan fingerprint density at radius 3 is 2.56 bits per heavy atom. The smallest absolute Gasteiger partial charge is 0.352 e. The van der Waals surface area contributed by atoms with Gasteiger partial charge in [-0.2, -0.15) is 18.4 Å². The van der Waals surface area contributed by atoms with Crippen molar-refractivity contribution in [3.8, 4) is 6.07 Å². The van der Waals surface area contributed by atoms with Crippen molar-refractivity contribution < 1.29 is 18.0 Å². The van der Waals surface area contributed by atoms with E-state index in [2.05, 4.69) is 10.3 Å². The fourth-order valence-electron chi connectivity index (χ4n) is 2.58. The molecule has 0 spiro atoms. The van der Waals surface area contributed by atoms with Gasteiger partial charge in [0, 0.05) is 11.7 Å². The number of hydrogen-bond donors (Lipinski definition) is 1. The van der Waals surface area contributed by atoms with Crippen LogP contribution in [-0.2, 0) is 11.0 Å². The van der Waals surface area contributed by atoms with Crippen LogP contribution in [0.4, 0.5) is 13.2 Å². The number of aryl methyl sites for hydroxylation is 1. The Labute approximate surface area is 158 Å². The number of pyridine rings is 1. The average molecular weight is 391 g/mol. The molecule has 1 amide bonds. The third kappa shape index (κ3) is 4.61. The molecule has 1 heterocycles. The van der Waals surface area contributed by atoms with Crippen LogP contribution in [0.5, 0.6) is 0 Å². The van der Waals surface area contributed by atoms with Gasteiger partial charge in [0.2, 0.25) is 5.91 Å². The molecule has 1 aliphatic carbocycles. The van der Waals surface area contributed by atoms with Crippen molar-refractivity contribution in [1.82, 2.24) is 10.3 Å². The molecule has 4 nitrogen and oxygen atoms in total. The van der Waals surface area contributed by atoms with Crippen LogP contribution in [0.1, 0.15) is 40.5 Å². The molecule has 1 aliphatic rings. The monoisotopic (exact) mass is 391 g/mol. The zero-order valence-electron chi connectivity index (χ0n) is 14.4. The van der Waals surface area contributed by atoms with Gasteiger partial charge < -0.3 is 5.32 Å². The second-order valence-corrected chi connectivity index (χ2v) is 7.39. The van der Waals surface area contributed by atoms with E-state index in [1.165, 1.54) is 6.92 Å². The minimum atomic E-state index is -4.67. The first-order valence-corrected chi connectivity index (χ1v) is 9.18. The molecule has 0 radical (unpaired) electrons. The highest BCUT2D eigenvalue weighted by Crippen LogP contribution is 2.41. The second kappa shape index (κ2) is 7.61. The first-order chi connectivity index (χ1) is 12.8. The van der Waals surface area contributed by atoms with E-state index in [1.807, 2.05) is 0 Å². The summed E-state index contributed by atoms with van der Waals surface area (Å²) in [5.74, 6) is -0.297. The summed E-state index contributed by atoms with van der Waals surface area (Å²) < 4.78 is 40.0. The van der Waals surface area contributed by atoms with Gasteiger partial charge in [-0.15, -0.1) is 0 Å². The molecule has 0 saturated heterocycles. The van der Waals surface area contributed by atoms with Gasteiger partial charge in [-0.05, 0) is 31.4 Å². The van der Waals surface area contributed by atoms with Crippen molar-refractivity contribution in [3.63, 3.8) is 0 Å². The lowest BCUT2D eigenvalue weighted by molar-refractivity contribution is -0.138. The van der Waals surface area contributed by atoms with Gasteiger partial charge in [-0.1, -0.05) is 42.1 Å². The molecule has 1 aromatic carbocycles. The van der Waals surface area contributed by atoms with E-state index in [4.69, 9.17) is 0 Å². The standard InChI is InChI=1S/C19H16F3N3OS/c1-11-9-15(19(20,21)22)14(10-23)18(24-11)27-16(12-5-3-2-4-6-12)17(26)25-13-7-8-13/h2-6,9,13,16H,7-8H2,1H3,(H,25,26)/t16-/m0/s1. The molecule has 1 aromatic heterocycles. The lowest BCUT2D eigenvalue weighted by Crippen LogP contribution is -2.30. The Bertz CT molecular complexity index is 890. The predicted octanol–water partition coefficient (Wildman–Crippen LogP) is 4.39. The van der Waals surface area contributed by atoms with Crippen LogP contribution in [0.2, 0.25) is 0 Å². The van der Waals surface area contributed by atoms with Crippen LogP contribution in [0, 0.1) is 18.3 Å². The average Bonchev–Trinajstić information content (AvgIpc) is 3.43. The maximum atomic E-state index is 13.3. The van der Waals surface area contributed by atoms with Crippen LogP contribution >= 0.6 is 11.8 Å². The summed E-state index contributed by atoms with van der Waals surface area (Å²) in [4.78, 5) is 16.8. The molecule has 1 fully saturated rings. The van der Waals surface area contributed by atoms with Crippen molar-refractivity contribution in [3.05, 3.63) is 58.8 Å². The van der Waals surface area contributed by atoms with Crippen LogP contribution in [0.15, 0.2) is 41.4 Å². The van der Waals surface area contributed by atoms with Gasteiger partial charge in [0.15, 0.2) is 0 Å². The number of carbonyl (C=O) groups excluding carboxylic acids is 1. The zero-order valence-corrected chi connectivity index (χ0v) is 15.2. The largest absolute Gasteiger partial charge is 0.417 e. The van der Waals surface area contributed by atoms with Gasteiger partial charge in [-0.3, -0.25) is 4.79 Å². The molecule has 0 aliphatic heterocycles. The number of thioether (sulfide) groups is 1. The predicted molar refractivity (Wildman–Crippen MR) is 94.9 cm³/mol. The maximum absolute atomic E-state index is 13.3. The number of alkyl halides is 3. The zero-order chi connectivity index (χ0) is 19.6. The summed E-state index contributed by atoms with van der Waals surface area (Å²) in [5.41, 5.74) is -0.813. The number of nitriles is 1. The minimum Gasteiger partial charge on any atom is -0.352 e. The summed E-state index contributed by atoms with van der Waals surface area (Å²) in [5, 5.41) is 11.3. The third-order valence-electron chi connectivity index (χ3n) is 4.03. The molecule has 27 heavy (non-hydrogen) atoms. The van der Waals surface area contributed by atoms with Gasteiger partial charge >= 0.3 is 6.18 Å². The van der Waals surface area contributed by atoms with Gasteiger partial charge in [-0.25, -0.2) is 4.98 Å². The maximum Gasteiger partial charge on any atom is 0.417 e. The quantitative estimate of drug-likeness (QED) is 0.768. The van der Waals surface area contributed by atoms with E-state index >= 15 is 0 Å². The van der Waals surface area contributed by atoms with E-state index in [-0.39, 0.29) is 22.7 Å². The van der Waals surface area contributed by atoms with Crippen molar-refractivity contribution >= 4 is 17.7 Å². The van der Waals surface area contributed by atoms with Crippen LogP contribution in [0.25, 0.3) is 0 Å². The van der Waals surface area contributed by atoms with Gasteiger partial charge in [0.1, 0.15) is 16.3 Å². The van der Waals surface area contributed by atoms with Gasteiger partial charge in [0.05, 0.1) is 11.1 Å². The summed E-state index contributed by atoms with van der Waals surface area (Å²) in [7, 11) is 0. The number of hydrogen-bond acceptors (Lipinski definition) is 4. The highest BCUT2D eigenvalue weighted by molar-refractivity contribution is 8.00. The first-order valence-electron chi connectivity index (χ1n) is 8.30. The Kier molecular flexibility index (Phi) is 5.42. The lowest BCUT2D eigenvalue weighted by atomic mass is 10.1. The molecular weight excluding hydrogens is 375 g/mol. The number of carbonyl (C=O) groups is 1. The first kappa shape index (κ1) is 19.2. The Hall–Kier alpha value is -2.53. The van der Waals surface area contributed by atoms with Gasteiger partial charge in [0.25, 0.3) is 0 Å². The highest BCUT2D eigenvalue weighted by atomic mass is 32.2. The van der Waals surface area contributed by atoms with Crippen LogP contribution in [-0.4, -0.2) is 16.9 Å². The van der Waals surface area contributed by atoms with Crippen molar-refractivity contribution in [2.24, 2.45) is 0 Å². The molecule has 1 atom stereocenters. The van der Waals surface area contributed by atoms with E-state index in [9.17, 15) is 23.2 Å². The normalized spacial score (nSPS) is 15.1. The summed E-state index contributed by atoms with van der Waals surface area (Å²) in [6.45, 7) is 1.43. The summed E-state index contributed by atoms with van der Waals surface area (Å²) >= 11 is 0.870. The molecular formula is C19H16F3N3OS. The Morgan fingerprint density at radius 2 is 2.00 bits per heavy atom.